The maximum Gasteiger partial charge on any atom is 0.270 e. The van der Waals surface area contributed by atoms with Crippen molar-refractivity contribution in [1.82, 2.24) is 14.8 Å². The number of aromatic nitrogens is 1. The highest BCUT2D eigenvalue weighted by Crippen LogP contribution is 2.42. The van der Waals surface area contributed by atoms with Crippen molar-refractivity contribution in [3.8, 4) is 5.75 Å². The van der Waals surface area contributed by atoms with Crippen molar-refractivity contribution in [1.29, 1.82) is 0 Å². The van der Waals surface area contributed by atoms with Crippen LogP contribution in [-0.2, 0) is 0 Å². The van der Waals surface area contributed by atoms with Crippen molar-refractivity contribution < 1.29 is 13.9 Å². The lowest BCUT2D eigenvalue weighted by molar-refractivity contribution is 0.0566. The molecule has 1 amide bonds. The largest absolute Gasteiger partial charge is 0.493 e. The zero-order chi connectivity index (χ0) is 24.6. The molecule has 4 heterocycles. The summed E-state index contributed by atoms with van der Waals surface area (Å²) >= 11 is 0. The minimum absolute atomic E-state index is 0.138. The molecule has 0 aliphatic carbocycles. The van der Waals surface area contributed by atoms with Crippen LogP contribution in [0.25, 0.3) is 10.9 Å². The molecular weight excluding hydrogens is 453 g/mol. The molecule has 2 atom stereocenters. The summed E-state index contributed by atoms with van der Waals surface area (Å²) in [6.07, 6.45) is 6.62. The SMILES string of the molecule is Cc1ccc2[nH]c(C(=O)N3CCCC[C@H]3CCN3CCC(C4COc5ccc(F)cc54)CC3)cc2c1. The van der Waals surface area contributed by atoms with E-state index in [1.165, 1.54) is 18.1 Å². The number of carbonyl (C=O) groups excluding carboxylic acids is 1. The van der Waals surface area contributed by atoms with Crippen LogP contribution in [0, 0.1) is 18.7 Å². The lowest BCUT2D eigenvalue weighted by Crippen LogP contribution is -2.46. The maximum absolute atomic E-state index is 13.8. The molecule has 3 aromatic rings. The Morgan fingerprint density at radius 3 is 2.78 bits per heavy atom. The maximum atomic E-state index is 13.8. The van der Waals surface area contributed by atoms with Gasteiger partial charge >= 0.3 is 0 Å². The fourth-order valence-electron chi connectivity index (χ4n) is 6.60. The second kappa shape index (κ2) is 9.89. The van der Waals surface area contributed by atoms with Gasteiger partial charge in [-0.05, 0) is 101 Å². The zero-order valence-corrected chi connectivity index (χ0v) is 21.1. The molecule has 0 bridgehead atoms. The quantitative estimate of drug-likeness (QED) is 0.486. The molecule has 2 fully saturated rings. The summed E-state index contributed by atoms with van der Waals surface area (Å²) in [5.41, 5.74) is 3.99. The minimum Gasteiger partial charge on any atom is -0.493 e. The van der Waals surface area contributed by atoms with Gasteiger partial charge < -0.3 is 19.5 Å². The highest BCUT2D eigenvalue weighted by molar-refractivity contribution is 5.98. The summed E-state index contributed by atoms with van der Waals surface area (Å²) in [6, 6.07) is 13.5. The van der Waals surface area contributed by atoms with Gasteiger partial charge in [-0.25, -0.2) is 4.39 Å². The van der Waals surface area contributed by atoms with E-state index in [-0.39, 0.29) is 11.7 Å². The number of carbonyl (C=O) groups is 1. The van der Waals surface area contributed by atoms with E-state index in [4.69, 9.17) is 4.74 Å². The standard InChI is InChI=1S/C30H36FN3O2/c1-20-5-7-27-22(16-20)17-28(32-27)30(35)34-12-3-2-4-24(34)11-15-33-13-9-21(10-14-33)26-19-36-29-8-6-23(31)18-25(26)29/h5-8,16-18,21,24,26,32H,2-4,9-15,19H2,1H3/t24-,26?/m0/s1. The summed E-state index contributed by atoms with van der Waals surface area (Å²) < 4.78 is 19.7. The molecule has 6 heteroatoms. The number of halogens is 1. The predicted molar refractivity (Wildman–Crippen MR) is 140 cm³/mol. The predicted octanol–water partition coefficient (Wildman–Crippen LogP) is 5.89. The fraction of sp³-hybridized carbons (Fsp3) is 0.500. The number of rotatable bonds is 5. The van der Waals surface area contributed by atoms with E-state index < -0.39 is 0 Å². The number of benzene rings is 2. The molecule has 2 saturated heterocycles. The molecule has 0 radical (unpaired) electrons. The van der Waals surface area contributed by atoms with Crippen molar-refractivity contribution in [2.45, 2.75) is 57.4 Å². The summed E-state index contributed by atoms with van der Waals surface area (Å²) in [4.78, 5) is 21.5. The summed E-state index contributed by atoms with van der Waals surface area (Å²) in [7, 11) is 0. The van der Waals surface area contributed by atoms with Gasteiger partial charge in [0, 0.05) is 41.5 Å². The Bertz CT molecular complexity index is 1250. The van der Waals surface area contributed by atoms with Crippen molar-refractivity contribution in [2.24, 2.45) is 5.92 Å². The van der Waals surface area contributed by atoms with Crippen LogP contribution in [0.1, 0.15) is 66.1 Å². The molecular formula is C30H36FN3O2. The number of likely N-dealkylation sites (tertiary alicyclic amines) is 2. The molecule has 6 rings (SSSR count). The number of H-pyrrole nitrogens is 1. The molecule has 2 aromatic carbocycles. The van der Waals surface area contributed by atoms with Gasteiger partial charge in [-0.15, -0.1) is 0 Å². The fourth-order valence-corrected chi connectivity index (χ4v) is 6.60. The van der Waals surface area contributed by atoms with Crippen molar-refractivity contribution >= 4 is 16.8 Å². The number of amides is 1. The van der Waals surface area contributed by atoms with E-state index in [1.54, 1.807) is 12.1 Å². The number of aromatic amines is 1. The van der Waals surface area contributed by atoms with E-state index in [9.17, 15) is 9.18 Å². The Morgan fingerprint density at radius 2 is 1.92 bits per heavy atom. The Balaban J connectivity index is 1.05. The van der Waals surface area contributed by atoms with Crippen LogP contribution in [-0.4, -0.2) is 59.5 Å². The van der Waals surface area contributed by atoms with Gasteiger partial charge in [0.2, 0.25) is 0 Å². The third-order valence-electron chi connectivity index (χ3n) is 8.66. The number of nitrogens with one attached hydrogen (secondary N) is 1. The van der Waals surface area contributed by atoms with Crippen molar-refractivity contribution in [3.63, 3.8) is 0 Å². The van der Waals surface area contributed by atoms with Gasteiger partial charge in [-0.2, -0.15) is 0 Å². The van der Waals surface area contributed by atoms with E-state index >= 15 is 0 Å². The molecule has 1 aromatic heterocycles. The molecule has 1 unspecified atom stereocenters. The van der Waals surface area contributed by atoms with Crippen LogP contribution in [0.4, 0.5) is 4.39 Å². The molecule has 36 heavy (non-hydrogen) atoms. The average molecular weight is 490 g/mol. The van der Waals surface area contributed by atoms with Crippen LogP contribution in [0.2, 0.25) is 0 Å². The third-order valence-corrected chi connectivity index (χ3v) is 8.66. The topological polar surface area (TPSA) is 48.6 Å². The number of fused-ring (bicyclic) bond motifs is 2. The third kappa shape index (κ3) is 4.63. The van der Waals surface area contributed by atoms with Crippen LogP contribution in [0.3, 0.4) is 0 Å². The van der Waals surface area contributed by atoms with E-state index in [0.29, 0.717) is 30.2 Å². The first kappa shape index (κ1) is 23.5. The van der Waals surface area contributed by atoms with Crippen LogP contribution < -0.4 is 4.74 Å². The normalized spacial score (nSPS) is 23.1. The highest BCUT2D eigenvalue weighted by Gasteiger charge is 2.34. The zero-order valence-electron chi connectivity index (χ0n) is 21.1. The van der Waals surface area contributed by atoms with Gasteiger partial charge in [0.15, 0.2) is 0 Å². The molecule has 190 valence electrons. The number of nitrogens with zero attached hydrogens (tertiary/aromatic N) is 2. The van der Waals surface area contributed by atoms with E-state index in [0.717, 1.165) is 80.5 Å². The Hall–Kier alpha value is -2.86. The number of hydrogen-bond acceptors (Lipinski definition) is 3. The molecule has 1 N–H and O–H groups in total. The lowest BCUT2D eigenvalue weighted by Gasteiger charge is -2.38. The second-order valence-electron chi connectivity index (χ2n) is 11.0. The summed E-state index contributed by atoms with van der Waals surface area (Å²) in [5, 5.41) is 1.10. The van der Waals surface area contributed by atoms with Gasteiger partial charge in [0.1, 0.15) is 17.3 Å². The first-order chi connectivity index (χ1) is 17.5. The average Bonchev–Trinajstić information content (AvgIpc) is 3.51. The van der Waals surface area contributed by atoms with Crippen molar-refractivity contribution in [2.75, 3.05) is 32.8 Å². The number of aryl methyl sites for hydroxylation is 1. The van der Waals surface area contributed by atoms with Gasteiger partial charge in [0.05, 0.1) is 6.61 Å². The highest BCUT2D eigenvalue weighted by atomic mass is 19.1. The van der Waals surface area contributed by atoms with Crippen LogP contribution in [0.15, 0.2) is 42.5 Å². The summed E-state index contributed by atoms with van der Waals surface area (Å²) in [5.74, 6) is 1.68. The van der Waals surface area contributed by atoms with Crippen LogP contribution >= 0.6 is 0 Å². The van der Waals surface area contributed by atoms with E-state index in [1.807, 2.05) is 6.07 Å². The molecule has 3 aliphatic heterocycles. The molecule has 0 spiro atoms. The number of hydrogen-bond donors (Lipinski definition) is 1. The Morgan fingerprint density at radius 1 is 1.06 bits per heavy atom. The molecule has 5 nitrogen and oxygen atoms in total. The van der Waals surface area contributed by atoms with Gasteiger partial charge in [-0.1, -0.05) is 11.6 Å². The Labute approximate surface area is 212 Å². The monoisotopic (exact) mass is 489 g/mol. The Kier molecular flexibility index (Phi) is 6.46. The first-order valence-corrected chi connectivity index (χ1v) is 13.6. The number of piperidine rings is 2. The second-order valence-corrected chi connectivity index (χ2v) is 11.0. The van der Waals surface area contributed by atoms with E-state index in [2.05, 4.69) is 39.9 Å². The molecule has 3 aliphatic rings. The first-order valence-electron chi connectivity index (χ1n) is 13.6. The smallest absolute Gasteiger partial charge is 0.270 e. The van der Waals surface area contributed by atoms with Gasteiger partial charge in [-0.3, -0.25) is 4.79 Å². The number of ether oxygens (including phenoxy) is 1. The van der Waals surface area contributed by atoms with Crippen LogP contribution in [0.5, 0.6) is 5.75 Å². The molecule has 0 saturated carbocycles. The lowest BCUT2D eigenvalue weighted by atomic mass is 9.81. The minimum atomic E-state index is -0.171. The van der Waals surface area contributed by atoms with Crippen molar-refractivity contribution in [3.05, 3.63) is 65.1 Å². The van der Waals surface area contributed by atoms with Gasteiger partial charge in [0.25, 0.3) is 5.91 Å². The summed E-state index contributed by atoms with van der Waals surface area (Å²) in [6.45, 7) is 6.76.